The first kappa shape index (κ1) is 23.8. The number of aromatic nitrogens is 2. The van der Waals surface area contributed by atoms with Gasteiger partial charge in [0.15, 0.2) is 0 Å². The standard InChI is InChI=1S/C50H46N2/c1-36-32-38(14-13-37-15-17-41(18-16-37)48-12-6-9-30-51-48)34-44(33-36)47-11-5-4-10-46(47)40-19-21-42(22-20-40)49-35-43(27-31-52-49)39-23-25-45(26-24-39)50(2)28-7-3-8-29-50/h4-6,9-12,15-27,30-35H,3,7-8,13-14,28-29H2,1-2H3/i19D,20D,21D,23D,24D,25D,26D,27D,31D,35D. The van der Waals surface area contributed by atoms with Crippen molar-refractivity contribution in [3.05, 3.63) is 180 Å². The van der Waals surface area contributed by atoms with E-state index < -0.39 is 35.8 Å². The van der Waals surface area contributed by atoms with Crippen LogP contribution in [0.25, 0.3) is 55.9 Å². The number of nitrogens with zero attached hydrogens (tertiary/aromatic N) is 2. The molecule has 7 aromatic rings. The number of hydrogen-bond donors (Lipinski definition) is 0. The fourth-order valence-electron chi connectivity index (χ4n) is 7.29. The van der Waals surface area contributed by atoms with E-state index in [0.717, 1.165) is 78.5 Å². The lowest BCUT2D eigenvalue weighted by Crippen LogP contribution is -2.24. The van der Waals surface area contributed by atoms with E-state index in [0.29, 0.717) is 11.1 Å². The molecule has 256 valence electrons. The van der Waals surface area contributed by atoms with E-state index in [4.69, 9.17) is 8.22 Å². The van der Waals surface area contributed by atoms with E-state index >= 15 is 0 Å². The van der Waals surface area contributed by atoms with Gasteiger partial charge in [0.25, 0.3) is 0 Å². The summed E-state index contributed by atoms with van der Waals surface area (Å²) >= 11 is 0. The molecule has 2 aromatic heterocycles. The number of hydrogen-bond acceptors (Lipinski definition) is 2. The molecule has 0 unspecified atom stereocenters. The molecule has 1 saturated carbocycles. The van der Waals surface area contributed by atoms with Crippen molar-refractivity contribution in [2.24, 2.45) is 0 Å². The van der Waals surface area contributed by atoms with Crippen LogP contribution in [0.3, 0.4) is 0 Å². The zero-order chi connectivity index (χ0) is 44.0. The molecule has 1 aliphatic rings. The van der Waals surface area contributed by atoms with E-state index in [1.807, 2.05) is 56.3 Å². The van der Waals surface area contributed by atoms with Gasteiger partial charge in [-0.05, 0) is 112 Å². The van der Waals surface area contributed by atoms with Gasteiger partial charge in [0.05, 0.1) is 25.1 Å². The summed E-state index contributed by atoms with van der Waals surface area (Å²) in [5, 5.41) is 0. The molecule has 1 aliphatic carbocycles. The summed E-state index contributed by atoms with van der Waals surface area (Å²) in [5.41, 5.74) is 6.73. The van der Waals surface area contributed by atoms with Crippen molar-refractivity contribution in [1.29, 1.82) is 0 Å². The Bertz CT molecular complexity index is 2820. The molecular formula is C50H46N2. The van der Waals surface area contributed by atoms with Crippen LogP contribution in [-0.2, 0) is 18.3 Å². The quantitative estimate of drug-likeness (QED) is 0.151. The van der Waals surface area contributed by atoms with Crippen LogP contribution in [0.5, 0.6) is 0 Å². The van der Waals surface area contributed by atoms with Crippen LogP contribution in [-0.4, -0.2) is 9.97 Å². The second kappa shape index (κ2) is 14.9. The normalized spacial score (nSPS) is 16.6. The van der Waals surface area contributed by atoms with Gasteiger partial charge >= 0.3 is 0 Å². The van der Waals surface area contributed by atoms with Gasteiger partial charge in [-0.1, -0.05) is 153 Å². The monoisotopic (exact) mass is 684 g/mol. The second-order valence-corrected chi connectivity index (χ2v) is 14.1. The minimum atomic E-state index is -0.588. The van der Waals surface area contributed by atoms with Crippen molar-refractivity contribution < 1.29 is 13.7 Å². The highest BCUT2D eigenvalue weighted by Crippen LogP contribution is 2.40. The van der Waals surface area contributed by atoms with Crippen molar-refractivity contribution in [1.82, 2.24) is 9.97 Å². The molecule has 0 saturated heterocycles. The average Bonchev–Trinajstić information content (AvgIpc) is 3.27. The van der Waals surface area contributed by atoms with Gasteiger partial charge < -0.3 is 0 Å². The molecule has 2 nitrogen and oxygen atoms in total. The lowest BCUT2D eigenvalue weighted by molar-refractivity contribution is 0.319. The molecule has 0 atom stereocenters. The molecule has 0 spiro atoms. The van der Waals surface area contributed by atoms with Crippen molar-refractivity contribution >= 4 is 0 Å². The molecule has 8 rings (SSSR count). The van der Waals surface area contributed by atoms with Gasteiger partial charge in [0.1, 0.15) is 0 Å². The fourth-order valence-corrected chi connectivity index (χ4v) is 7.29. The molecule has 2 heteroatoms. The molecule has 2 heterocycles. The molecule has 1 fully saturated rings. The third-order valence-corrected chi connectivity index (χ3v) is 10.2. The largest absolute Gasteiger partial charge is 0.256 e. The Kier molecular flexibility index (Phi) is 6.84. The predicted molar refractivity (Wildman–Crippen MR) is 218 cm³/mol. The van der Waals surface area contributed by atoms with Gasteiger partial charge in [-0.2, -0.15) is 0 Å². The SMILES string of the molecule is [2H]c1cc(-c2nc([2H])c([2H])c(-c3c([2H])c([2H])c(C4(C)CCCCC4)c([2H])c3[2H])c2[2H])c([2H])c([2H])c1-c1ccccc1-c1cc(C)cc(CCc2ccc(-c3ccccn3)cc2)c1. The van der Waals surface area contributed by atoms with Gasteiger partial charge in [-0.25, -0.2) is 0 Å². The fraction of sp³-hybridized carbons (Fsp3) is 0.200. The smallest absolute Gasteiger partial charge is 0.0840 e. The number of rotatable bonds is 9. The van der Waals surface area contributed by atoms with Crippen molar-refractivity contribution in [3.63, 3.8) is 0 Å². The number of benzene rings is 5. The Morgan fingerprint density at radius 3 is 2.04 bits per heavy atom. The van der Waals surface area contributed by atoms with Gasteiger partial charge in [0, 0.05) is 23.5 Å². The van der Waals surface area contributed by atoms with Crippen LogP contribution in [0.2, 0.25) is 0 Å². The molecule has 0 aliphatic heterocycles. The summed E-state index contributed by atoms with van der Waals surface area (Å²) in [6, 6.07) is 26.5. The second-order valence-electron chi connectivity index (χ2n) is 14.1. The van der Waals surface area contributed by atoms with E-state index in [9.17, 15) is 5.48 Å². The molecular weight excluding hydrogens is 629 g/mol. The summed E-state index contributed by atoms with van der Waals surface area (Å²) in [7, 11) is 0. The maximum Gasteiger partial charge on any atom is 0.0840 e. The maximum atomic E-state index is 9.29. The zero-order valence-electron chi connectivity index (χ0n) is 39.6. The third-order valence-electron chi connectivity index (χ3n) is 10.2. The zero-order valence-corrected chi connectivity index (χ0v) is 29.6. The first-order valence-corrected chi connectivity index (χ1v) is 18.1. The van der Waals surface area contributed by atoms with Crippen LogP contribution in [0.4, 0.5) is 0 Å². The molecule has 0 amide bonds. The summed E-state index contributed by atoms with van der Waals surface area (Å²) < 4.78 is 90.7. The van der Waals surface area contributed by atoms with Crippen LogP contribution in [0, 0.1) is 6.92 Å². The number of pyridine rings is 2. The maximum absolute atomic E-state index is 9.29. The summed E-state index contributed by atoms with van der Waals surface area (Å²) in [6.45, 7) is 4.00. The summed E-state index contributed by atoms with van der Waals surface area (Å²) in [4.78, 5) is 8.66. The highest BCUT2D eigenvalue weighted by molar-refractivity contribution is 5.85. The first-order chi connectivity index (χ1) is 29.7. The first-order valence-electron chi connectivity index (χ1n) is 23.1. The van der Waals surface area contributed by atoms with Crippen molar-refractivity contribution in [3.8, 4) is 55.9 Å². The molecule has 5 aromatic carbocycles. The Morgan fingerprint density at radius 1 is 0.558 bits per heavy atom. The third kappa shape index (κ3) is 7.39. The van der Waals surface area contributed by atoms with E-state index in [-0.39, 0.29) is 58.2 Å². The Balaban J connectivity index is 1.15. The average molecular weight is 685 g/mol. The molecule has 0 bridgehead atoms. The van der Waals surface area contributed by atoms with E-state index in [1.165, 1.54) is 11.6 Å². The van der Waals surface area contributed by atoms with Crippen LogP contribution >= 0.6 is 0 Å². The summed E-state index contributed by atoms with van der Waals surface area (Å²) in [6.07, 6.45) is 7.12. The van der Waals surface area contributed by atoms with Gasteiger partial charge in [0.2, 0.25) is 0 Å². The molecule has 0 radical (unpaired) electrons. The summed E-state index contributed by atoms with van der Waals surface area (Å²) in [5.74, 6) is 0. The van der Waals surface area contributed by atoms with Crippen molar-refractivity contribution in [2.75, 3.05) is 0 Å². The predicted octanol–water partition coefficient (Wildman–Crippen LogP) is 13.1. The molecule has 52 heavy (non-hydrogen) atoms. The van der Waals surface area contributed by atoms with E-state index in [2.05, 4.69) is 52.4 Å². The molecule has 0 N–H and O–H groups in total. The highest BCUT2D eigenvalue weighted by Gasteiger charge is 2.28. The van der Waals surface area contributed by atoms with Crippen LogP contribution < -0.4 is 0 Å². The topological polar surface area (TPSA) is 25.8 Å². The van der Waals surface area contributed by atoms with Crippen molar-refractivity contribution in [2.45, 2.75) is 64.2 Å². The minimum absolute atomic E-state index is 0.0755. The number of aryl methyl sites for hydroxylation is 3. The highest BCUT2D eigenvalue weighted by atomic mass is 14.7. The van der Waals surface area contributed by atoms with Crippen LogP contribution in [0.15, 0.2) is 158 Å². The minimum Gasteiger partial charge on any atom is -0.256 e. The van der Waals surface area contributed by atoms with Crippen LogP contribution in [0.1, 0.15) is 75.0 Å². The lowest BCUT2D eigenvalue weighted by Gasteiger charge is -2.34. The lowest BCUT2D eigenvalue weighted by atomic mass is 9.71. The van der Waals surface area contributed by atoms with E-state index in [1.54, 1.807) is 6.20 Å². The Labute approximate surface area is 323 Å². The van der Waals surface area contributed by atoms with Gasteiger partial charge in [-0.15, -0.1) is 0 Å². The Morgan fingerprint density at radius 2 is 1.27 bits per heavy atom. The Hall–Kier alpha value is -5.60. The van der Waals surface area contributed by atoms with Gasteiger partial charge in [-0.3, -0.25) is 9.97 Å².